The molecule has 0 aromatic heterocycles. The van der Waals surface area contributed by atoms with Gasteiger partial charge >= 0.3 is 5.97 Å². The molecule has 21 heavy (non-hydrogen) atoms. The first-order valence-electron chi connectivity index (χ1n) is 6.76. The third-order valence-electron chi connectivity index (χ3n) is 3.54. The third kappa shape index (κ3) is 3.88. The molecule has 0 aliphatic heterocycles. The van der Waals surface area contributed by atoms with Crippen LogP contribution in [0.5, 0.6) is 5.75 Å². The van der Waals surface area contributed by atoms with Crippen LogP contribution in [-0.4, -0.2) is 28.6 Å². The molecule has 1 saturated carbocycles. The molecule has 1 aliphatic rings. The number of halogens is 1. The van der Waals surface area contributed by atoms with E-state index in [-0.39, 0.29) is 17.9 Å². The van der Waals surface area contributed by atoms with Gasteiger partial charge in [0.2, 0.25) is 0 Å². The van der Waals surface area contributed by atoms with E-state index >= 15 is 0 Å². The van der Waals surface area contributed by atoms with Gasteiger partial charge in [-0.25, -0.2) is 0 Å². The number of hydrogen-bond donors (Lipinski definition) is 2. The fraction of sp³-hybridized carbons (Fsp3) is 0.467. The molecular weight excluding hydrogens is 294 g/mol. The topological polar surface area (TPSA) is 75.6 Å². The molecule has 6 heteroatoms. The maximum absolute atomic E-state index is 12.2. The minimum Gasteiger partial charge on any atom is -0.481 e. The van der Waals surface area contributed by atoms with Crippen molar-refractivity contribution in [3.8, 4) is 5.75 Å². The summed E-state index contributed by atoms with van der Waals surface area (Å²) in [4.78, 5) is 23.0. The number of ether oxygens (including phenoxy) is 1. The van der Waals surface area contributed by atoms with Crippen LogP contribution in [0.3, 0.4) is 0 Å². The molecule has 1 aliphatic carbocycles. The van der Waals surface area contributed by atoms with Gasteiger partial charge in [-0.15, -0.1) is 0 Å². The molecule has 1 fully saturated rings. The Morgan fingerprint density at radius 3 is 2.62 bits per heavy atom. The minimum absolute atomic E-state index is 0.0964. The van der Waals surface area contributed by atoms with Crippen LogP contribution in [0.1, 0.15) is 26.7 Å². The Bertz CT molecular complexity index is 552. The SMILES string of the molecule is CC(C)(Oc1cccc(Cl)c1)C(=O)NC1CC(C(=O)O)C1. The molecule has 1 amide bonds. The number of aliphatic carboxylic acids is 1. The maximum Gasteiger partial charge on any atom is 0.306 e. The number of benzene rings is 1. The third-order valence-corrected chi connectivity index (χ3v) is 3.77. The predicted molar refractivity (Wildman–Crippen MR) is 78.4 cm³/mol. The van der Waals surface area contributed by atoms with Crippen LogP contribution in [0.25, 0.3) is 0 Å². The Kier molecular flexibility index (Phi) is 4.42. The van der Waals surface area contributed by atoms with E-state index in [1.807, 2.05) is 0 Å². The summed E-state index contributed by atoms with van der Waals surface area (Å²) in [6.45, 7) is 3.33. The number of hydrogen-bond acceptors (Lipinski definition) is 3. The van der Waals surface area contributed by atoms with Gasteiger partial charge in [-0.1, -0.05) is 17.7 Å². The molecule has 0 unspecified atom stereocenters. The van der Waals surface area contributed by atoms with E-state index in [1.54, 1.807) is 38.1 Å². The number of amides is 1. The fourth-order valence-electron chi connectivity index (χ4n) is 2.17. The Morgan fingerprint density at radius 2 is 2.05 bits per heavy atom. The lowest BCUT2D eigenvalue weighted by Gasteiger charge is -2.35. The van der Waals surface area contributed by atoms with E-state index in [4.69, 9.17) is 21.4 Å². The van der Waals surface area contributed by atoms with Gasteiger partial charge in [0.15, 0.2) is 5.60 Å². The smallest absolute Gasteiger partial charge is 0.306 e. The standard InChI is InChI=1S/C15H18ClNO4/c1-15(2,21-12-5-3-4-10(16)8-12)14(20)17-11-6-9(7-11)13(18)19/h3-5,8-9,11H,6-7H2,1-2H3,(H,17,20)(H,18,19). The number of carboxylic acid groups (broad SMARTS) is 1. The molecule has 114 valence electrons. The van der Waals surface area contributed by atoms with Crippen molar-refractivity contribution in [2.75, 3.05) is 0 Å². The van der Waals surface area contributed by atoms with Crippen LogP contribution >= 0.6 is 11.6 Å². The van der Waals surface area contributed by atoms with Crippen molar-refractivity contribution in [2.45, 2.75) is 38.3 Å². The molecule has 0 radical (unpaired) electrons. The van der Waals surface area contributed by atoms with Crippen LogP contribution in [0, 0.1) is 5.92 Å². The number of nitrogens with one attached hydrogen (secondary N) is 1. The highest BCUT2D eigenvalue weighted by molar-refractivity contribution is 6.30. The van der Waals surface area contributed by atoms with Crippen molar-refractivity contribution < 1.29 is 19.4 Å². The zero-order valence-electron chi connectivity index (χ0n) is 11.9. The normalized spacial score (nSPS) is 21.3. The van der Waals surface area contributed by atoms with E-state index in [1.165, 1.54) is 0 Å². The van der Waals surface area contributed by atoms with Gasteiger partial charge in [0, 0.05) is 11.1 Å². The first-order chi connectivity index (χ1) is 9.78. The number of carbonyl (C=O) groups is 2. The van der Waals surface area contributed by atoms with Gasteiger partial charge in [-0.3, -0.25) is 9.59 Å². The minimum atomic E-state index is -1.06. The fourth-order valence-corrected chi connectivity index (χ4v) is 2.35. The molecule has 0 heterocycles. The average Bonchev–Trinajstić information content (AvgIpc) is 2.31. The molecule has 2 N–H and O–H groups in total. The van der Waals surface area contributed by atoms with Gasteiger partial charge in [-0.05, 0) is 44.9 Å². The van der Waals surface area contributed by atoms with Crippen LogP contribution in [0.4, 0.5) is 0 Å². The Morgan fingerprint density at radius 1 is 1.38 bits per heavy atom. The highest BCUT2D eigenvalue weighted by atomic mass is 35.5. The second-order valence-corrected chi connectivity index (χ2v) is 6.18. The molecule has 1 aromatic carbocycles. The lowest BCUT2D eigenvalue weighted by molar-refractivity contribution is -0.147. The van der Waals surface area contributed by atoms with Gasteiger partial charge in [0.05, 0.1) is 5.92 Å². The highest BCUT2D eigenvalue weighted by Gasteiger charge is 2.38. The Hall–Kier alpha value is -1.75. The van der Waals surface area contributed by atoms with Crippen LogP contribution in [0.15, 0.2) is 24.3 Å². The highest BCUT2D eigenvalue weighted by Crippen LogP contribution is 2.28. The molecule has 0 atom stereocenters. The number of carboxylic acids is 1. The predicted octanol–water partition coefficient (Wildman–Crippen LogP) is 2.48. The second-order valence-electron chi connectivity index (χ2n) is 5.75. The molecule has 0 bridgehead atoms. The van der Waals surface area contributed by atoms with Gasteiger partial charge in [0.1, 0.15) is 5.75 Å². The van der Waals surface area contributed by atoms with E-state index in [0.717, 1.165) is 0 Å². The average molecular weight is 312 g/mol. The molecular formula is C15H18ClNO4. The lowest BCUT2D eigenvalue weighted by atomic mass is 9.80. The summed E-state index contributed by atoms with van der Waals surface area (Å²) in [5, 5.41) is 12.2. The zero-order chi connectivity index (χ0) is 15.6. The van der Waals surface area contributed by atoms with Crippen molar-refractivity contribution in [1.29, 1.82) is 0 Å². The van der Waals surface area contributed by atoms with Crippen LogP contribution < -0.4 is 10.1 Å². The summed E-state index contributed by atoms with van der Waals surface area (Å²) in [5.41, 5.74) is -1.06. The van der Waals surface area contributed by atoms with Crippen molar-refractivity contribution in [1.82, 2.24) is 5.32 Å². The number of rotatable bonds is 5. The van der Waals surface area contributed by atoms with E-state index in [2.05, 4.69) is 5.32 Å². The van der Waals surface area contributed by atoms with Crippen molar-refractivity contribution in [3.05, 3.63) is 29.3 Å². The van der Waals surface area contributed by atoms with Gasteiger partial charge in [0.25, 0.3) is 5.91 Å². The summed E-state index contributed by atoms with van der Waals surface area (Å²) in [7, 11) is 0. The first kappa shape index (κ1) is 15.6. The van der Waals surface area contributed by atoms with Crippen molar-refractivity contribution in [2.24, 2.45) is 5.92 Å². The summed E-state index contributed by atoms with van der Waals surface area (Å²) in [6.07, 6.45) is 0.933. The second kappa shape index (κ2) is 5.93. The van der Waals surface area contributed by atoms with E-state index < -0.39 is 11.6 Å². The van der Waals surface area contributed by atoms with Crippen molar-refractivity contribution >= 4 is 23.5 Å². The van der Waals surface area contributed by atoms with Crippen molar-refractivity contribution in [3.63, 3.8) is 0 Å². The van der Waals surface area contributed by atoms with Gasteiger partial charge in [-0.2, -0.15) is 0 Å². The monoisotopic (exact) mass is 311 g/mol. The first-order valence-corrected chi connectivity index (χ1v) is 7.14. The summed E-state index contributed by atoms with van der Waals surface area (Å²) in [6, 6.07) is 6.74. The summed E-state index contributed by atoms with van der Waals surface area (Å²) < 4.78 is 5.68. The largest absolute Gasteiger partial charge is 0.481 e. The molecule has 5 nitrogen and oxygen atoms in total. The zero-order valence-corrected chi connectivity index (χ0v) is 12.7. The quantitative estimate of drug-likeness (QED) is 0.876. The van der Waals surface area contributed by atoms with E-state index in [0.29, 0.717) is 23.6 Å². The lowest BCUT2D eigenvalue weighted by Crippen LogP contribution is -2.54. The summed E-state index contributed by atoms with van der Waals surface area (Å²) >= 11 is 5.88. The van der Waals surface area contributed by atoms with E-state index in [9.17, 15) is 9.59 Å². The van der Waals surface area contributed by atoms with Gasteiger partial charge < -0.3 is 15.2 Å². The van der Waals surface area contributed by atoms with Crippen LogP contribution in [-0.2, 0) is 9.59 Å². The number of carbonyl (C=O) groups excluding carboxylic acids is 1. The summed E-state index contributed by atoms with van der Waals surface area (Å²) in [5.74, 6) is -0.918. The Labute approximate surface area is 128 Å². The molecule has 0 spiro atoms. The molecule has 1 aromatic rings. The Balaban J connectivity index is 1.90. The molecule has 2 rings (SSSR count). The molecule has 0 saturated heterocycles. The maximum atomic E-state index is 12.2. The van der Waals surface area contributed by atoms with Crippen LogP contribution in [0.2, 0.25) is 5.02 Å².